The topological polar surface area (TPSA) is 78.9 Å². The second-order valence-electron chi connectivity index (χ2n) is 16.7. The molecule has 60 heavy (non-hydrogen) atoms. The molecular weight excluding hydrogens is 745 g/mol. The zero-order valence-electron chi connectivity index (χ0n) is 39.5. The van der Waals surface area contributed by atoms with Gasteiger partial charge in [-0.05, 0) is 103 Å². The molecule has 0 aromatic heterocycles. The van der Waals surface area contributed by atoms with Crippen molar-refractivity contribution in [3.05, 3.63) is 60.8 Å². The molecule has 0 saturated heterocycles. The standard InChI is InChI=1S/C54H94O6/c1-4-7-10-13-16-19-22-25-26-27-28-29-30-33-35-38-41-44-47-53(56)59-50-51(60-54(57)48-45-42-39-36-32-24-21-18-15-12-9-6-3)49-58-52(55)46-43-40-37-34-31-23-20-17-14-11-8-5-2/h9,12,17-18,20-21,28-29,32,36,51H,4-8,10-11,13-16,19,22-27,30-31,33-35,37-50H2,1-3H3/b12-9-,20-17-,21-18-,29-28-,36-32-. The first kappa shape index (κ1) is 57.1. The lowest BCUT2D eigenvalue weighted by molar-refractivity contribution is -0.167. The predicted octanol–water partition coefficient (Wildman–Crippen LogP) is 16.5. The van der Waals surface area contributed by atoms with Crippen LogP contribution in [0.25, 0.3) is 0 Å². The van der Waals surface area contributed by atoms with E-state index in [4.69, 9.17) is 14.2 Å². The van der Waals surface area contributed by atoms with Gasteiger partial charge in [0, 0.05) is 19.3 Å². The quantitative estimate of drug-likeness (QED) is 0.0263. The average Bonchev–Trinajstić information content (AvgIpc) is 3.24. The van der Waals surface area contributed by atoms with Crippen LogP contribution in [0.1, 0.15) is 245 Å². The molecule has 0 amide bonds. The Hall–Kier alpha value is -2.89. The van der Waals surface area contributed by atoms with E-state index in [0.717, 1.165) is 83.5 Å². The van der Waals surface area contributed by atoms with Gasteiger partial charge >= 0.3 is 17.9 Å². The van der Waals surface area contributed by atoms with Crippen LogP contribution in [0.4, 0.5) is 0 Å². The maximum atomic E-state index is 12.7. The first-order chi connectivity index (χ1) is 29.5. The summed E-state index contributed by atoms with van der Waals surface area (Å²) >= 11 is 0. The van der Waals surface area contributed by atoms with Gasteiger partial charge in [0.15, 0.2) is 6.10 Å². The molecule has 346 valence electrons. The molecule has 0 fully saturated rings. The highest BCUT2D eigenvalue weighted by molar-refractivity contribution is 5.71. The molecule has 0 aromatic carbocycles. The third-order valence-corrected chi connectivity index (χ3v) is 10.7. The van der Waals surface area contributed by atoms with E-state index in [0.29, 0.717) is 19.3 Å². The Morgan fingerprint density at radius 3 is 1.10 bits per heavy atom. The van der Waals surface area contributed by atoms with Crippen molar-refractivity contribution in [2.45, 2.75) is 252 Å². The van der Waals surface area contributed by atoms with E-state index < -0.39 is 6.10 Å². The fourth-order valence-electron chi connectivity index (χ4n) is 6.92. The summed E-state index contributed by atoms with van der Waals surface area (Å²) in [5.74, 6) is -0.952. The highest BCUT2D eigenvalue weighted by atomic mass is 16.6. The van der Waals surface area contributed by atoms with E-state index >= 15 is 0 Å². The van der Waals surface area contributed by atoms with Crippen molar-refractivity contribution in [1.82, 2.24) is 0 Å². The SMILES string of the molecule is CC/C=C\C/C=C\C/C=C\CCCCC(=O)OC(COC(=O)CCCCCCC/C=C\CCCCC)COC(=O)CCCCCCC/C=C\CCCCCCCCCCC. The largest absolute Gasteiger partial charge is 0.462 e. The zero-order valence-corrected chi connectivity index (χ0v) is 39.5. The number of unbranched alkanes of at least 4 members (excludes halogenated alkanes) is 24. The van der Waals surface area contributed by atoms with Crippen LogP contribution in [0, 0.1) is 0 Å². The number of allylic oxidation sites excluding steroid dienone is 10. The maximum absolute atomic E-state index is 12.7. The lowest BCUT2D eigenvalue weighted by atomic mass is 10.1. The van der Waals surface area contributed by atoms with E-state index in [1.165, 1.54) is 116 Å². The summed E-state index contributed by atoms with van der Waals surface area (Å²) < 4.78 is 16.7. The smallest absolute Gasteiger partial charge is 0.306 e. The molecule has 6 nitrogen and oxygen atoms in total. The fourth-order valence-corrected chi connectivity index (χ4v) is 6.92. The molecule has 0 N–H and O–H groups in total. The Kier molecular flexibility index (Phi) is 46.4. The lowest BCUT2D eigenvalue weighted by Gasteiger charge is -2.18. The second kappa shape index (κ2) is 48.8. The normalized spacial score (nSPS) is 12.5. The molecule has 0 aromatic rings. The van der Waals surface area contributed by atoms with Gasteiger partial charge in [-0.1, -0.05) is 184 Å². The molecule has 0 rings (SSSR count). The molecule has 0 spiro atoms. The van der Waals surface area contributed by atoms with Crippen molar-refractivity contribution in [2.75, 3.05) is 13.2 Å². The summed E-state index contributed by atoms with van der Waals surface area (Å²) in [6.07, 6.45) is 59.3. The minimum absolute atomic E-state index is 0.0965. The Morgan fingerprint density at radius 2 is 0.650 bits per heavy atom. The Balaban J connectivity index is 4.39. The first-order valence-electron chi connectivity index (χ1n) is 25.3. The molecule has 0 heterocycles. The van der Waals surface area contributed by atoms with Crippen molar-refractivity contribution < 1.29 is 28.6 Å². The Bertz CT molecular complexity index is 1100. The van der Waals surface area contributed by atoms with E-state index in [1.807, 2.05) is 0 Å². The van der Waals surface area contributed by atoms with Crippen molar-refractivity contribution in [1.29, 1.82) is 0 Å². The van der Waals surface area contributed by atoms with Gasteiger partial charge in [0.05, 0.1) is 0 Å². The Morgan fingerprint density at radius 1 is 0.350 bits per heavy atom. The zero-order chi connectivity index (χ0) is 43.7. The summed E-state index contributed by atoms with van der Waals surface area (Å²) in [4.78, 5) is 37.9. The number of hydrogen-bond donors (Lipinski definition) is 0. The monoisotopic (exact) mass is 839 g/mol. The number of hydrogen-bond acceptors (Lipinski definition) is 6. The number of carbonyl (C=O) groups excluding carboxylic acids is 3. The molecule has 0 radical (unpaired) electrons. The summed E-state index contributed by atoms with van der Waals surface area (Å²) in [6.45, 7) is 6.45. The molecular formula is C54H94O6. The van der Waals surface area contributed by atoms with Gasteiger partial charge in [0.25, 0.3) is 0 Å². The fraction of sp³-hybridized carbons (Fsp3) is 0.759. The number of carbonyl (C=O) groups is 3. The van der Waals surface area contributed by atoms with E-state index in [-0.39, 0.29) is 37.5 Å². The number of rotatable bonds is 45. The van der Waals surface area contributed by atoms with Gasteiger partial charge in [-0.25, -0.2) is 0 Å². The van der Waals surface area contributed by atoms with Gasteiger partial charge in [-0.2, -0.15) is 0 Å². The van der Waals surface area contributed by atoms with Crippen LogP contribution < -0.4 is 0 Å². The third kappa shape index (κ3) is 46.2. The predicted molar refractivity (Wildman–Crippen MR) is 256 cm³/mol. The van der Waals surface area contributed by atoms with Crippen molar-refractivity contribution in [3.63, 3.8) is 0 Å². The summed E-state index contributed by atoms with van der Waals surface area (Å²) in [7, 11) is 0. The van der Waals surface area contributed by atoms with Gasteiger partial charge in [-0.15, -0.1) is 0 Å². The third-order valence-electron chi connectivity index (χ3n) is 10.7. The van der Waals surface area contributed by atoms with Crippen LogP contribution in [0.15, 0.2) is 60.8 Å². The summed E-state index contributed by atoms with van der Waals surface area (Å²) in [5, 5.41) is 0. The van der Waals surface area contributed by atoms with Gasteiger partial charge in [0.1, 0.15) is 13.2 Å². The van der Waals surface area contributed by atoms with Crippen LogP contribution in [-0.2, 0) is 28.6 Å². The lowest BCUT2D eigenvalue weighted by Crippen LogP contribution is -2.30. The van der Waals surface area contributed by atoms with Crippen molar-refractivity contribution >= 4 is 17.9 Å². The van der Waals surface area contributed by atoms with E-state index in [2.05, 4.69) is 81.5 Å². The Labute approximate surface area is 370 Å². The van der Waals surface area contributed by atoms with Crippen molar-refractivity contribution in [2.24, 2.45) is 0 Å². The van der Waals surface area contributed by atoms with Crippen LogP contribution in [-0.4, -0.2) is 37.2 Å². The molecule has 1 unspecified atom stereocenters. The van der Waals surface area contributed by atoms with Crippen LogP contribution in [0.2, 0.25) is 0 Å². The number of ether oxygens (including phenoxy) is 3. The molecule has 0 bridgehead atoms. The molecule has 6 heteroatoms. The summed E-state index contributed by atoms with van der Waals surface area (Å²) in [6, 6.07) is 0. The summed E-state index contributed by atoms with van der Waals surface area (Å²) in [5.41, 5.74) is 0. The van der Waals surface area contributed by atoms with Crippen LogP contribution in [0.5, 0.6) is 0 Å². The maximum Gasteiger partial charge on any atom is 0.306 e. The van der Waals surface area contributed by atoms with Gasteiger partial charge in [-0.3, -0.25) is 14.4 Å². The highest BCUT2D eigenvalue weighted by Crippen LogP contribution is 2.14. The van der Waals surface area contributed by atoms with Gasteiger partial charge in [0.2, 0.25) is 0 Å². The molecule has 0 aliphatic carbocycles. The average molecular weight is 839 g/mol. The van der Waals surface area contributed by atoms with Gasteiger partial charge < -0.3 is 14.2 Å². The van der Waals surface area contributed by atoms with E-state index in [9.17, 15) is 14.4 Å². The molecule has 1 atom stereocenters. The molecule has 0 saturated carbocycles. The minimum Gasteiger partial charge on any atom is -0.462 e. The minimum atomic E-state index is -0.798. The first-order valence-corrected chi connectivity index (χ1v) is 25.3. The molecule has 0 aliphatic heterocycles. The van der Waals surface area contributed by atoms with Crippen LogP contribution in [0.3, 0.4) is 0 Å². The van der Waals surface area contributed by atoms with E-state index in [1.54, 1.807) is 0 Å². The highest BCUT2D eigenvalue weighted by Gasteiger charge is 2.19. The van der Waals surface area contributed by atoms with Crippen molar-refractivity contribution in [3.8, 4) is 0 Å². The second-order valence-corrected chi connectivity index (χ2v) is 16.7. The number of esters is 3. The van der Waals surface area contributed by atoms with Crippen LogP contribution >= 0.6 is 0 Å². The molecule has 0 aliphatic rings.